The summed E-state index contributed by atoms with van der Waals surface area (Å²) in [5, 5.41) is 9.24. The molecule has 0 saturated heterocycles. The van der Waals surface area contributed by atoms with E-state index in [-0.39, 0.29) is 17.1 Å². The van der Waals surface area contributed by atoms with Crippen LogP contribution in [0, 0.1) is 5.92 Å². The molecule has 0 aliphatic heterocycles. The largest absolute Gasteiger partial charge is 0.481 e. The molecule has 3 rings (SSSR count). The molecule has 2 aromatic rings. The maximum absolute atomic E-state index is 11.6. The van der Waals surface area contributed by atoms with Crippen LogP contribution in [0.15, 0.2) is 21.7 Å². The molecule has 8 nitrogen and oxygen atoms in total. The number of hydrogen-bond donors (Lipinski definition) is 4. The van der Waals surface area contributed by atoms with E-state index in [1.165, 1.54) is 0 Å². The molecule has 1 aliphatic carbocycles. The highest BCUT2D eigenvalue weighted by atomic mass is 16.4. The van der Waals surface area contributed by atoms with E-state index in [1.807, 2.05) is 12.2 Å². The minimum atomic E-state index is -0.901. The van der Waals surface area contributed by atoms with Crippen molar-refractivity contribution in [2.24, 2.45) is 5.92 Å². The lowest BCUT2D eigenvalue weighted by Gasteiger charge is -2.22. The van der Waals surface area contributed by atoms with Crippen LogP contribution in [-0.2, 0) is 4.79 Å². The number of carboxylic acids is 1. The highest BCUT2D eigenvalue weighted by molar-refractivity contribution is 5.73. The lowest BCUT2D eigenvalue weighted by atomic mass is 9.82. The number of carbonyl (C=O) groups is 1. The summed E-state index contributed by atoms with van der Waals surface area (Å²) in [6.07, 6.45) is 4.67. The van der Waals surface area contributed by atoms with Gasteiger partial charge in [0.05, 0.1) is 5.92 Å². The Morgan fingerprint density at radius 3 is 2.70 bits per heavy atom. The number of fused-ring (bicyclic) bond motifs is 1. The molecule has 4 N–H and O–H groups in total. The lowest BCUT2D eigenvalue weighted by Crippen LogP contribution is -2.24. The van der Waals surface area contributed by atoms with Crippen LogP contribution in [0.1, 0.15) is 24.6 Å². The van der Waals surface area contributed by atoms with Gasteiger partial charge in [-0.2, -0.15) is 0 Å². The zero-order valence-corrected chi connectivity index (χ0v) is 10.3. The molecule has 2 unspecified atom stereocenters. The number of carboxylic acid groups (broad SMARTS) is 1. The van der Waals surface area contributed by atoms with Gasteiger partial charge in [0.15, 0.2) is 5.65 Å². The standard InChI is InChI=1S/C12H12N4O4/c17-10-7-9(15-12(20)16-10)14-8(13-7)5-3-1-2-4-6(5)11(18)19/h1-2,5-6H,3-4H2,(H,18,19)(H3,13,14,15,16,17,20). The molecule has 2 atom stereocenters. The predicted molar refractivity (Wildman–Crippen MR) is 69.6 cm³/mol. The Morgan fingerprint density at radius 2 is 1.95 bits per heavy atom. The number of nitrogens with zero attached hydrogens (tertiary/aromatic N) is 1. The van der Waals surface area contributed by atoms with Crippen molar-refractivity contribution in [2.75, 3.05) is 0 Å². The van der Waals surface area contributed by atoms with Crippen molar-refractivity contribution in [3.8, 4) is 0 Å². The van der Waals surface area contributed by atoms with Crippen LogP contribution in [0.3, 0.4) is 0 Å². The monoisotopic (exact) mass is 276 g/mol. The van der Waals surface area contributed by atoms with Gasteiger partial charge in [-0.05, 0) is 12.8 Å². The number of hydrogen-bond acceptors (Lipinski definition) is 4. The molecule has 1 aliphatic rings. The van der Waals surface area contributed by atoms with Crippen LogP contribution < -0.4 is 11.2 Å². The van der Waals surface area contributed by atoms with Crippen molar-refractivity contribution >= 4 is 17.1 Å². The number of imidazole rings is 1. The van der Waals surface area contributed by atoms with Crippen molar-refractivity contribution in [2.45, 2.75) is 18.8 Å². The van der Waals surface area contributed by atoms with Crippen molar-refractivity contribution in [1.82, 2.24) is 19.9 Å². The van der Waals surface area contributed by atoms with Crippen LogP contribution in [0.25, 0.3) is 11.2 Å². The van der Waals surface area contributed by atoms with Crippen molar-refractivity contribution in [3.63, 3.8) is 0 Å². The summed E-state index contributed by atoms with van der Waals surface area (Å²) in [6, 6.07) is 0. The number of aromatic nitrogens is 4. The molecular weight excluding hydrogens is 264 g/mol. The van der Waals surface area contributed by atoms with Gasteiger partial charge in [-0.3, -0.25) is 19.6 Å². The first-order chi connectivity index (χ1) is 9.56. The van der Waals surface area contributed by atoms with Crippen LogP contribution in [0.4, 0.5) is 0 Å². The average Bonchev–Trinajstić information content (AvgIpc) is 2.82. The van der Waals surface area contributed by atoms with E-state index in [0.717, 1.165) is 0 Å². The first-order valence-electron chi connectivity index (χ1n) is 6.16. The van der Waals surface area contributed by atoms with Crippen LogP contribution in [-0.4, -0.2) is 31.0 Å². The summed E-state index contributed by atoms with van der Waals surface area (Å²) in [6.45, 7) is 0. The molecule has 20 heavy (non-hydrogen) atoms. The highest BCUT2D eigenvalue weighted by Gasteiger charge is 2.32. The fourth-order valence-corrected chi connectivity index (χ4v) is 2.52. The summed E-state index contributed by atoms with van der Waals surface area (Å²) in [5.41, 5.74) is -0.912. The average molecular weight is 276 g/mol. The Labute approximate surface area is 111 Å². The Morgan fingerprint density at radius 1 is 1.20 bits per heavy atom. The first-order valence-corrected chi connectivity index (χ1v) is 6.16. The normalized spacial score (nSPS) is 22.2. The maximum atomic E-state index is 11.6. The second kappa shape index (κ2) is 4.48. The zero-order valence-electron chi connectivity index (χ0n) is 10.3. The van der Waals surface area contributed by atoms with Gasteiger partial charge in [-0.15, -0.1) is 0 Å². The van der Waals surface area contributed by atoms with E-state index >= 15 is 0 Å². The first kappa shape index (κ1) is 12.4. The fraction of sp³-hybridized carbons (Fsp3) is 0.333. The summed E-state index contributed by atoms with van der Waals surface area (Å²) in [4.78, 5) is 45.6. The molecule has 2 heterocycles. The molecule has 104 valence electrons. The predicted octanol–water partition coefficient (Wildman–Crippen LogP) is 0.0739. The van der Waals surface area contributed by atoms with Crippen molar-refractivity contribution in [1.29, 1.82) is 0 Å². The Hall–Kier alpha value is -2.64. The second-order valence-corrected chi connectivity index (χ2v) is 4.75. The molecule has 0 spiro atoms. The van der Waals surface area contributed by atoms with Gasteiger partial charge in [0.1, 0.15) is 11.3 Å². The number of rotatable bonds is 2. The SMILES string of the molecule is O=C(O)C1CC=CCC1c1nc2[nH]c(=O)[nH]c(=O)c2[nH]1. The molecule has 2 aromatic heterocycles. The number of aliphatic carboxylic acids is 1. The molecule has 0 fully saturated rings. The maximum Gasteiger partial charge on any atom is 0.327 e. The smallest absolute Gasteiger partial charge is 0.327 e. The third-order valence-corrected chi connectivity index (χ3v) is 3.51. The molecule has 0 aromatic carbocycles. The van der Waals surface area contributed by atoms with Gasteiger partial charge in [-0.25, -0.2) is 9.78 Å². The topological polar surface area (TPSA) is 132 Å². The van der Waals surface area contributed by atoms with E-state index in [4.69, 9.17) is 0 Å². The number of nitrogens with one attached hydrogen (secondary N) is 3. The molecule has 0 radical (unpaired) electrons. The van der Waals surface area contributed by atoms with E-state index in [1.54, 1.807) is 0 Å². The van der Waals surface area contributed by atoms with Gasteiger partial charge in [0, 0.05) is 5.92 Å². The number of aromatic amines is 3. The molecule has 0 bridgehead atoms. The van der Waals surface area contributed by atoms with Crippen molar-refractivity contribution in [3.05, 3.63) is 38.8 Å². The van der Waals surface area contributed by atoms with Crippen LogP contribution >= 0.6 is 0 Å². The van der Waals surface area contributed by atoms with Crippen molar-refractivity contribution < 1.29 is 9.90 Å². The lowest BCUT2D eigenvalue weighted by molar-refractivity contribution is -0.142. The molecule has 0 amide bonds. The van der Waals surface area contributed by atoms with Gasteiger partial charge in [0.25, 0.3) is 5.56 Å². The summed E-state index contributed by atoms with van der Waals surface area (Å²) in [7, 11) is 0. The molecule has 0 saturated carbocycles. The zero-order chi connectivity index (χ0) is 14.3. The third kappa shape index (κ3) is 1.94. The molecule has 8 heteroatoms. The minimum absolute atomic E-state index is 0.146. The Kier molecular flexibility index (Phi) is 2.78. The second-order valence-electron chi connectivity index (χ2n) is 4.75. The highest BCUT2D eigenvalue weighted by Crippen LogP contribution is 2.33. The third-order valence-electron chi connectivity index (χ3n) is 3.51. The van der Waals surface area contributed by atoms with E-state index in [0.29, 0.717) is 18.7 Å². The fourth-order valence-electron chi connectivity index (χ4n) is 2.52. The minimum Gasteiger partial charge on any atom is -0.481 e. The van der Waals surface area contributed by atoms with Gasteiger partial charge in [-0.1, -0.05) is 12.2 Å². The van der Waals surface area contributed by atoms with Crippen LogP contribution in [0.2, 0.25) is 0 Å². The van der Waals surface area contributed by atoms with E-state index in [9.17, 15) is 19.5 Å². The Bertz CT molecular complexity index is 813. The summed E-state index contributed by atoms with van der Waals surface area (Å²) in [5.74, 6) is -1.43. The summed E-state index contributed by atoms with van der Waals surface area (Å²) < 4.78 is 0. The van der Waals surface area contributed by atoms with Crippen LogP contribution in [0.5, 0.6) is 0 Å². The van der Waals surface area contributed by atoms with E-state index in [2.05, 4.69) is 19.9 Å². The summed E-state index contributed by atoms with van der Waals surface area (Å²) >= 11 is 0. The Balaban J connectivity index is 2.12. The van der Waals surface area contributed by atoms with Gasteiger partial charge < -0.3 is 10.1 Å². The van der Waals surface area contributed by atoms with Gasteiger partial charge in [0.2, 0.25) is 0 Å². The quantitative estimate of drug-likeness (QED) is 0.576. The van der Waals surface area contributed by atoms with Gasteiger partial charge >= 0.3 is 11.7 Å². The number of allylic oxidation sites excluding steroid dienone is 2. The number of H-pyrrole nitrogens is 3. The van der Waals surface area contributed by atoms with E-state index < -0.39 is 23.1 Å². The molecular formula is C12H12N4O4.